The molecule has 5 nitrogen and oxygen atoms in total. The van der Waals surface area contributed by atoms with Crippen LogP contribution in [0, 0.1) is 11.8 Å². The summed E-state index contributed by atoms with van der Waals surface area (Å²) in [6.07, 6.45) is 0.301. The SMILES string of the molecule is CC#CCn1nc(C(C)(F)F)nc1Cc1ccc(-c2ccccc2C(=O)O)cc1. The molecule has 0 atom stereocenters. The highest BCUT2D eigenvalue weighted by Crippen LogP contribution is 2.26. The van der Waals surface area contributed by atoms with Crippen molar-refractivity contribution in [1.29, 1.82) is 0 Å². The number of alkyl halides is 2. The van der Waals surface area contributed by atoms with Crippen LogP contribution in [0.3, 0.4) is 0 Å². The third-order valence-corrected chi connectivity index (χ3v) is 4.33. The molecule has 7 heteroatoms. The van der Waals surface area contributed by atoms with Gasteiger partial charge in [0.25, 0.3) is 0 Å². The summed E-state index contributed by atoms with van der Waals surface area (Å²) in [6, 6.07) is 14.0. The Bertz CT molecular complexity index is 1090. The first kappa shape index (κ1) is 20.2. The molecule has 3 aromatic rings. The second-order valence-electron chi connectivity index (χ2n) is 6.55. The second-order valence-corrected chi connectivity index (χ2v) is 6.55. The van der Waals surface area contributed by atoms with Gasteiger partial charge in [0.05, 0.1) is 5.56 Å². The minimum absolute atomic E-state index is 0.180. The quantitative estimate of drug-likeness (QED) is 0.630. The summed E-state index contributed by atoms with van der Waals surface area (Å²) >= 11 is 0. The normalized spacial score (nSPS) is 11.0. The molecule has 0 unspecified atom stereocenters. The summed E-state index contributed by atoms with van der Waals surface area (Å²) in [4.78, 5) is 15.4. The Balaban J connectivity index is 1.89. The molecule has 3 rings (SSSR count). The number of aromatic carboxylic acids is 1. The second kappa shape index (κ2) is 8.23. The summed E-state index contributed by atoms with van der Waals surface area (Å²) in [5.74, 6) is 1.26. The van der Waals surface area contributed by atoms with Crippen LogP contribution in [0.2, 0.25) is 0 Å². The topological polar surface area (TPSA) is 68.0 Å². The minimum atomic E-state index is -3.13. The van der Waals surface area contributed by atoms with Gasteiger partial charge in [0.2, 0.25) is 5.82 Å². The standard InChI is InChI=1S/C22H19F2N3O2/c1-3-4-13-27-19(25-21(26-27)22(2,23)24)14-15-9-11-16(12-10-15)17-7-5-6-8-18(17)20(28)29/h5-12H,13-14H2,1-2H3,(H,28,29). The molecule has 0 radical (unpaired) electrons. The van der Waals surface area contributed by atoms with Crippen LogP contribution in [0.1, 0.15) is 41.4 Å². The number of aromatic nitrogens is 3. The van der Waals surface area contributed by atoms with E-state index in [-0.39, 0.29) is 12.1 Å². The Kier molecular flexibility index (Phi) is 5.74. The van der Waals surface area contributed by atoms with Crippen molar-refractivity contribution in [2.75, 3.05) is 0 Å². The van der Waals surface area contributed by atoms with Gasteiger partial charge in [0.1, 0.15) is 12.4 Å². The van der Waals surface area contributed by atoms with Crippen LogP contribution in [-0.2, 0) is 18.9 Å². The lowest BCUT2D eigenvalue weighted by atomic mass is 9.98. The first-order chi connectivity index (χ1) is 13.8. The number of hydrogen-bond donors (Lipinski definition) is 1. The Morgan fingerprint density at radius 3 is 2.48 bits per heavy atom. The average Bonchev–Trinajstić information content (AvgIpc) is 3.10. The Labute approximate surface area is 167 Å². The Morgan fingerprint density at radius 1 is 1.17 bits per heavy atom. The van der Waals surface area contributed by atoms with Crippen LogP contribution < -0.4 is 0 Å². The first-order valence-electron chi connectivity index (χ1n) is 8.93. The van der Waals surface area contributed by atoms with E-state index in [0.29, 0.717) is 17.8 Å². The van der Waals surface area contributed by atoms with E-state index in [4.69, 9.17) is 0 Å². The smallest absolute Gasteiger partial charge is 0.336 e. The van der Waals surface area contributed by atoms with E-state index in [9.17, 15) is 18.7 Å². The molecule has 1 N–H and O–H groups in total. The van der Waals surface area contributed by atoms with Gasteiger partial charge in [-0.2, -0.15) is 8.78 Å². The lowest BCUT2D eigenvalue weighted by Gasteiger charge is -2.08. The molecule has 0 aliphatic rings. The van der Waals surface area contributed by atoms with Crippen LogP contribution >= 0.6 is 0 Å². The number of benzene rings is 2. The molecule has 1 heterocycles. The third-order valence-electron chi connectivity index (χ3n) is 4.33. The number of nitrogens with zero attached hydrogens (tertiary/aromatic N) is 3. The van der Waals surface area contributed by atoms with Gasteiger partial charge >= 0.3 is 11.9 Å². The zero-order chi connectivity index (χ0) is 21.0. The van der Waals surface area contributed by atoms with Crippen LogP contribution in [-0.4, -0.2) is 25.8 Å². The Hall–Kier alpha value is -3.53. The maximum atomic E-state index is 13.6. The summed E-state index contributed by atoms with van der Waals surface area (Å²) in [7, 11) is 0. The monoisotopic (exact) mass is 395 g/mol. The fourth-order valence-electron chi connectivity index (χ4n) is 2.88. The molecular weight excluding hydrogens is 376 g/mol. The molecule has 2 aromatic carbocycles. The van der Waals surface area contributed by atoms with Gasteiger partial charge in [-0.25, -0.2) is 14.5 Å². The van der Waals surface area contributed by atoms with Gasteiger partial charge in [0, 0.05) is 13.3 Å². The van der Waals surface area contributed by atoms with Crippen molar-refractivity contribution in [3.8, 4) is 23.0 Å². The predicted molar refractivity (Wildman–Crippen MR) is 105 cm³/mol. The minimum Gasteiger partial charge on any atom is -0.478 e. The van der Waals surface area contributed by atoms with Crippen molar-refractivity contribution in [3.63, 3.8) is 0 Å². The molecule has 0 fully saturated rings. The van der Waals surface area contributed by atoms with Crippen LogP contribution in [0.25, 0.3) is 11.1 Å². The van der Waals surface area contributed by atoms with E-state index in [1.54, 1.807) is 43.3 Å². The predicted octanol–water partition coefficient (Wildman–Crippen LogP) is 4.37. The average molecular weight is 395 g/mol. The van der Waals surface area contributed by atoms with Gasteiger partial charge in [0.15, 0.2) is 0 Å². The van der Waals surface area contributed by atoms with Crippen LogP contribution in [0.15, 0.2) is 48.5 Å². The zero-order valence-corrected chi connectivity index (χ0v) is 16.0. The van der Waals surface area contributed by atoms with E-state index in [1.165, 1.54) is 4.68 Å². The molecule has 0 saturated heterocycles. The molecular formula is C22H19F2N3O2. The summed E-state index contributed by atoms with van der Waals surface area (Å²) in [6.45, 7) is 2.61. The van der Waals surface area contributed by atoms with Crippen molar-refractivity contribution in [2.24, 2.45) is 0 Å². The molecule has 148 valence electrons. The van der Waals surface area contributed by atoms with E-state index in [1.807, 2.05) is 12.1 Å². The molecule has 29 heavy (non-hydrogen) atoms. The maximum absolute atomic E-state index is 13.6. The molecule has 1 aromatic heterocycles. The molecule has 0 spiro atoms. The van der Waals surface area contributed by atoms with Gasteiger partial charge in [-0.15, -0.1) is 11.0 Å². The lowest BCUT2D eigenvalue weighted by Crippen LogP contribution is -2.10. The number of rotatable bonds is 6. The maximum Gasteiger partial charge on any atom is 0.336 e. The Morgan fingerprint density at radius 2 is 1.86 bits per heavy atom. The number of hydrogen-bond acceptors (Lipinski definition) is 3. The van der Waals surface area contributed by atoms with Gasteiger partial charge < -0.3 is 5.11 Å². The fourth-order valence-corrected chi connectivity index (χ4v) is 2.88. The van der Waals surface area contributed by atoms with Crippen molar-refractivity contribution >= 4 is 5.97 Å². The summed E-state index contributed by atoms with van der Waals surface area (Å²) in [5, 5.41) is 13.3. The van der Waals surface area contributed by atoms with Gasteiger partial charge in [-0.3, -0.25) is 0 Å². The number of carbonyl (C=O) groups is 1. The summed E-state index contributed by atoms with van der Waals surface area (Å²) < 4.78 is 28.6. The molecule has 0 amide bonds. The van der Waals surface area contributed by atoms with Crippen LogP contribution in [0.5, 0.6) is 0 Å². The highest BCUT2D eigenvalue weighted by molar-refractivity contribution is 5.95. The number of halogens is 2. The number of carboxylic acid groups (broad SMARTS) is 1. The van der Waals surface area contributed by atoms with Crippen molar-refractivity contribution < 1.29 is 18.7 Å². The van der Waals surface area contributed by atoms with Gasteiger partial charge in [-0.05, 0) is 29.7 Å². The molecule has 0 aliphatic heterocycles. The highest BCUT2D eigenvalue weighted by atomic mass is 19.3. The highest BCUT2D eigenvalue weighted by Gasteiger charge is 2.31. The van der Waals surface area contributed by atoms with E-state index in [0.717, 1.165) is 18.1 Å². The largest absolute Gasteiger partial charge is 0.478 e. The number of carboxylic acids is 1. The van der Waals surface area contributed by atoms with Gasteiger partial charge in [-0.1, -0.05) is 48.4 Å². The van der Waals surface area contributed by atoms with Crippen molar-refractivity contribution in [1.82, 2.24) is 14.8 Å². The molecule has 0 aliphatic carbocycles. The lowest BCUT2D eigenvalue weighted by molar-refractivity contribution is 0.00757. The zero-order valence-electron chi connectivity index (χ0n) is 16.0. The van der Waals surface area contributed by atoms with Crippen LogP contribution in [0.4, 0.5) is 8.78 Å². The molecule has 0 saturated carbocycles. The third kappa shape index (κ3) is 4.66. The van der Waals surface area contributed by atoms with E-state index < -0.39 is 17.7 Å². The van der Waals surface area contributed by atoms with Crippen molar-refractivity contribution in [2.45, 2.75) is 32.7 Å². The molecule has 0 bridgehead atoms. The fraction of sp³-hybridized carbons (Fsp3) is 0.227. The van der Waals surface area contributed by atoms with E-state index >= 15 is 0 Å². The first-order valence-corrected chi connectivity index (χ1v) is 8.93. The van der Waals surface area contributed by atoms with E-state index in [2.05, 4.69) is 21.9 Å². The van der Waals surface area contributed by atoms with Crippen molar-refractivity contribution in [3.05, 3.63) is 71.3 Å². The summed E-state index contributed by atoms with van der Waals surface area (Å²) in [5.41, 5.74) is 2.42.